The van der Waals surface area contributed by atoms with Crippen molar-refractivity contribution in [2.75, 3.05) is 40.0 Å². The number of pyridine rings is 2. The van der Waals surface area contributed by atoms with E-state index in [9.17, 15) is 47.9 Å². The van der Waals surface area contributed by atoms with E-state index in [2.05, 4.69) is 26.6 Å². The Morgan fingerprint density at radius 1 is 0.889 bits per heavy atom. The highest BCUT2D eigenvalue weighted by atomic mass is 19.1. The number of likely N-dealkylation sites (N-methyl/N-ethyl adjacent to an activating group) is 1. The summed E-state index contributed by atoms with van der Waals surface area (Å²) < 4.78 is 28.2. The van der Waals surface area contributed by atoms with Gasteiger partial charge in [-0.15, -0.1) is 0 Å². The number of aromatic nitrogens is 2. The fraction of sp³-hybridized carbons (Fsp3) is 0.380. The summed E-state index contributed by atoms with van der Waals surface area (Å²) in [5, 5.41) is 12.8. The van der Waals surface area contributed by atoms with Crippen LogP contribution in [0, 0.1) is 12.7 Å². The van der Waals surface area contributed by atoms with Crippen LogP contribution in [0.4, 0.5) is 4.39 Å². The SMILES string of the molecule is CCC1C(=O)OCc2c1cc1n(c2=O)Cc2c-1nc1cc(F)c(C)c3c1c2C(N(C)C(=O)C(C)OCNC(=O)CNC(=O)C(Cc1ccccc1)NC(=O)CNC(=O)CNC(=O)CN1C(=O)C=CC1=O)CC3. The zero-order chi connectivity index (χ0) is 51.5. The van der Waals surface area contributed by atoms with Gasteiger partial charge in [-0.05, 0) is 67.0 Å². The lowest BCUT2D eigenvalue weighted by atomic mass is 9.81. The monoisotopic (exact) mass is 989 g/mol. The predicted octanol–water partition coefficient (Wildman–Crippen LogP) is 0.349. The molecule has 376 valence electrons. The predicted molar refractivity (Wildman–Crippen MR) is 252 cm³/mol. The number of nitrogens with zero attached hydrogens (tertiary/aromatic N) is 4. The van der Waals surface area contributed by atoms with Gasteiger partial charge in [-0.25, -0.2) is 9.37 Å². The Labute approximate surface area is 410 Å². The Bertz CT molecular complexity index is 3030. The van der Waals surface area contributed by atoms with Crippen molar-refractivity contribution in [2.45, 2.75) is 83.7 Å². The number of halogens is 1. The molecule has 8 amide bonds. The fourth-order valence-corrected chi connectivity index (χ4v) is 9.56. The van der Waals surface area contributed by atoms with Crippen LogP contribution in [0.25, 0.3) is 22.3 Å². The molecule has 4 aromatic rings. The average molecular weight is 990 g/mol. The van der Waals surface area contributed by atoms with Gasteiger partial charge in [0.1, 0.15) is 37.8 Å². The molecule has 0 saturated carbocycles. The highest BCUT2D eigenvalue weighted by molar-refractivity contribution is 6.14. The van der Waals surface area contributed by atoms with Crippen LogP contribution in [0.2, 0.25) is 0 Å². The van der Waals surface area contributed by atoms with E-state index in [0.29, 0.717) is 74.3 Å². The van der Waals surface area contributed by atoms with Crippen molar-refractivity contribution in [1.29, 1.82) is 0 Å². The Hall–Kier alpha value is -8.14. The van der Waals surface area contributed by atoms with E-state index >= 15 is 4.39 Å². The van der Waals surface area contributed by atoms with E-state index < -0.39 is 116 Å². The molecule has 3 aliphatic heterocycles. The number of hydrogen-bond donors (Lipinski definition) is 5. The second-order valence-electron chi connectivity index (χ2n) is 17.9. The first kappa shape index (κ1) is 50.3. The number of carbonyl (C=O) groups excluding carboxylic acids is 9. The lowest BCUT2D eigenvalue weighted by molar-refractivity contribution is -0.148. The van der Waals surface area contributed by atoms with Gasteiger partial charge in [-0.2, -0.15) is 0 Å². The summed E-state index contributed by atoms with van der Waals surface area (Å²) >= 11 is 0. The summed E-state index contributed by atoms with van der Waals surface area (Å²) in [4.78, 5) is 135. The Balaban J connectivity index is 0.867. The molecule has 4 aliphatic rings. The molecule has 0 radical (unpaired) electrons. The van der Waals surface area contributed by atoms with E-state index in [1.807, 2.05) is 13.0 Å². The normalized spacial score (nSPS) is 17.0. The van der Waals surface area contributed by atoms with E-state index in [1.54, 1.807) is 53.8 Å². The smallest absolute Gasteiger partial charge is 0.313 e. The van der Waals surface area contributed by atoms with E-state index in [1.165, 1.54) is 13.0 Å². The zero-order valence-corrected chi connectivity index (χ0v) is 39.8. The minimum Gasteiger partial charge on any atom is -0.460 e. The number of amides is 8. The van der Waals surface area contributed by atoms with Gasteiger partial charge < -0.3 is 45.5 Å². The van der Waals surface area contributed by atoms with Crippen LogP contribution in [-0.4, -0.2) is 125 Å². The molecule has 0 spiro atoms. The molecular weight excluding hydrogens is 938 g/mol. The van der Waals surface area contributed by atoms with Crippen molar-refractivity contribution >= 4 is 64.1 Å². The minimum absolute atomic E-state index is 0.0181. The number of imide groups is 1. The van der Waals surface area contributed by atoms with Crippen LogP contribution < -0.4 is 32.1 Å². The standard InChI is InChI=1S/C50H52FN9O12/c1-5-28-30-16-37-46-31(21-59(37)49(69)32(30)23-71-50(28)70)45-36(12-11-29-25(2)33(51)17-34(57-46)44(29)45)58(4)48(68)26(3)72-24-55-39(62)19-54-47(67)35(15-27-9-7-6-8-10-27)56-40(63)20-52-38(61)18-53-41(64)22-60-42(65)13-14-43(60)66/h6-10,13-14,16-17,26,28,35-36H,5,11-12,15,18-24H2,1-4H3,(H,52,61)(H,53,64)(H,54,67)(H,55,62)(H,56,63). The number of ether oxygens (including phenoxy) is 2. The van der Waals surface area contributed by atoms with Crippen LogP contribution in [-0.2, 0) is 78.6 Å². The molecule has 22 heteroatoms. The van der Waals surface area contributed by atoms with Crippen molar-refractivity contribution in [3.05, 3.63) is 110 Å². The molecule has 72 heavy (non-hydrogen) atoms. The molecule has 21 nitrogen and oxygen atoms in total. The number of aryl methyl sites for hydroxylation is 1. The van der Waals surface area contributed by atoms with Crippen molar-refractivity contribution < 1.29 is 57.0 Å². The quantitative estimate of drug-likeness (QED) is 0.0451. The van der Waals surface area contributed by atoms with Crippen LogP contribution in [0.5, 0.6) is 0 Å². The minimum atomic E-state index is -1.19. The lowest BCUT2D eigenvalue weighted by Crippen LogP contribution is -2.52. The number of nitrogens with one attached hydrogen (secondary N) is 5. The van der Waals surface area contributed by atoms with Crippen LogP contribution >= 0.6 is 0 Å². The second-order valence-corrected chi connectivity index (χ2v) is 17.9. The fourth-order valence-electron chi connectivity index (χ4n) is 9.56. The van der Waals surface area contributed by atoms with Gasteiger partial charge in [-0.1, -0.05) is 37.3 Å². The summed E-state index contributed by atoms with van der Waals surface area (Å²) in [6.07, 6.45) is 2.25. The third-order valence-corrected chi connectivity index (χ3v) is 13.4. The third-order valence-electron chi connectivity index (χ3n) is 13.4. The average Bonchev–Trinajstić information content (AvgIpc) is 3.90. The van der Waals surface area contributed by atoms with E-state index in [0.717, 1.165) is 23.3 Å². The molecule has 1 aliphatic carbocycles. The topological polar surface area (TPSA) is 274 Å². The summed E-state index contributed by atoms with van der Waals surface area (Å²) in [7, 11) is 1.63. The van der Waals surface area contributed by atoms with Crippen LogP contribution in [0.3, 0.4) is 0 Å². The number of carbonyl (C=O) groups is 9. The molecule has 2 aromatic carbocycles. The van der Waals surface area contributed by atoms with Gasteiger partial charge in [0.25, 0.3) is 23.3 Å². The van der Waals surface area contributed by atoms with Crippen molar-refractivity contribution in [1.82, 2.24) is 45.9 Å². The molecule has 8 rings (SSSR count). The molecule has 5 heterocycles. The molecule has 0 fully saturated rings. The largest absolute Gasteiger partial charge is 0.460 e. The molecule has 4 unspecified atom stereocenters. The molecule has 4 atom stereocenters. The summed E-state index contributed by atoms with van der Waals surface area (Å²) in [5.74, 6) is -6.93. The first-order valence-corrected chi connectivity index (χ1v) is 23.4. The number of rotatable bonds is 18. The molecular formula is C50H52FN9O12. The van der Waals surface area contributed by atoms with Gasteiger partial charge in [0.15, 0.2) is 0 Å². The maximum absolute atomic E-state index is 15.5. The molecule has 2 aromatic heterocycles. The van der Waals surface area contributed by atoms with Crippen molar-refractivity contribution in [2.24, 2.45) is 0 Å². The Morgan fingerprint density at radius 2 is 1.57 bits per heavy atom. The first-order valence-electron chi connectivity index (χ1n) is 23.4. The second kappa shape index (κ2) is 21.1. The Kier molecular flexibility index (Phi) is 14.7. The van der Waals surface area contributed by atoms with Crippen molar-refractivity contribution in [3.8, 4) is 11.4 Å². The Morgan fingerprint density at radius 3 is 2.29 bits per heavy atom. The van der Waals surface area contributed by atoms with Gasteiger partial charge in [-0.3, -0.25) is 52.8 Å². The number of esters is 1. The number of benzene rings is 2. The summed E-state index contributed by atoms with van der Waals surface area (Å²) in [6, 6.07) is 10.1. The maximum atomic E-state index is 15.5. The van der Waals surface area contributed by atoms with Gasteiger partial charge in [0.2, 0.25) is 29.5 Å². The number of cyclic esters (lactones) is 1. The first-order chi connectivity index (χ1) is 34.4. The summed E-state index contributed by atoms with van der Waals surface area (Å²) in [5.41, 5.74) is 5.39. The van der Waals surface area contributed by atoms with Crippen LogP contribution in [0.15, 0.2) is 59.4 Å². The molecule has 0 saturated heterocycles. The third kappa shape index (κ3) is 10.2. The highest BCUT2D eigenvalue weighted by Gasteiger charge is 2.40. The van der Waals surface area contributed by atoms with E-state index in [-0.39, 0.29) is 25.1 Å². The van der Waals surface area contributed by atoms with Gasteiger partial charge in [0, 0.05) is 42.6 Å². The highest BCUT2D eigenvalue weighted by Crippen LogP contribution is 2.47. The zero-order valence-electron chi connectivity index (χ0n) is 39.8. The van der Waals surface area contributed by atoms with Crippen molar-refractivity contribution in [3.63, 3.8) is 0 Å². The molecule has 5 N–H and O–H groups in total. The lowest BCUT2D eigenvalue weighted by Gasteiger charge is -2.36. The number of fused-ring (bicyclic) bond motifs is 5. The van der Waals surface area contributed by atoms with E-state index in [4.69, 9.17) is 14.5 Å². The van der Waals surface area contributed by atoms with Gasteiger partial charge >= 0.3 is 5.97 Å². The maximum Gasteiger partial charge on any atom is 0.313 e. The van der Waals surface area contributed by atoms with Gasteiger partial charge in [0.05, 0.1) is 60.6 Å². The van der Waals surface area contributed by atoms with Crippen LogP contribution in [0.1, 0.15) is 77.6 Å². The summed E-state index contributed by atoms with van der Waals surface area (Å²) in [6.45, 7) is 2.37. The molecule has 0 bridgehead atoms. The number of hydrogen-bond acceptors (Lipinski definition) is 13.